The van der Waals surface area contributed by atoms with Crippen molar-refractivity contribution < 1.29 is 0 Å². The van der Waals surface area contributed by atoms with E-state index in [0.29, 0.717) is 5.41 Å². The third-order valence-electron chi connectivity index (χ3n) is 4.65. The molecule has 2 fully saturated rings. The SMILES string of the molecule is CCNC1CCCN(CC2(C(C)C)CC2)C1. The molecule has 1 saturated carbocycles. The average molecular weight is 224 g/mol. The predicted octanol–water partition coefficient (Wildman–Crippen LogP) is 2.50. The molecule has 0 aromatic rings. The van der Waals surface area contributed by atoms with Gasteiger partial charge in [0.15, 0.2) is 0 Å². The maximum absolute atomic E-state index is 3.61. The third kappa shape index (κ3) is 2.78. The number of nitrogens with one attached hydrogen (secondary N) is 1. The van der Waals surface area contributed by atoms with Gasteiger partial charge in [0.1, 0.15) is 0 Å². The van der Waals surface area contributed by atoms with Crippen LogP contribution < -0.4 is 5.32 Å². The highest BCUT2D eigenvalue weighted by Crippen LogP contribution is 2.52. The highest BCUT2D eigenvalue weighted by Gasteiger charge is 2.46. The number of nitrogens with zero attached hydrogens (tertiary/aromatic N) is 1. The van der Waals surface area contributed by atoms with Crippen molar-refractivity contribution in [1.29, 1.82) is 0 Å². The molecule has 1 N–H and O–H groups in total. The van der Waals surface area contributed by atoms with Crippen molar-refractivity contribution >= 4 is 0 Å². The Hall–Kier alpha value is -0.0800. The number of piperidine rings is 1. The molecule has 2 nitrogen and oxygen atoms in total. The molecule has 1 saturated heterocycles. The van der Waals surface area contributed by atoms with E-state index in [1.807, 2.05) is 0 Å². The van der Waals surface area contributed by atoms with Crippen LogP contribution in [0.25, 0.3) is 0 Å². The molecule has 94 valence electrons. The summed E-state index contributed by atoms with van der Waals surface area (Å²) in [4.78, 5) is 2.71. The van der Waals surface area contributed by atoms with E-state index in [2.05, 4.69) is 31.0 Å². The van der Waals surface area contributed by atoms with Gasteiger partial charge in [-0.3, -0.25) is 0 Å². The van der Waals surface area contributed by atoms with Crippen LogP contribution >= 0.6 is 0 Å². The fourth-order valence-electron chi connectivity index (χ4n) is 3.18. The van der Waals surface area contributed by atoms with Crippen LogP contribution in [0.5, 0.6) is 0 Å². The average Bonchev–Trinajstić information content (AvgIpc) is 3.00. The Morgan fingerprint density at radius 2 is 2.12 bits per heavy atom. The van der Waals surface area contributed by atoms with Gasteiger partial charge in [0, 0.05) is 19.1 Å². The topological polar surface area (TPSA) is 15.3 Å². The summed E-state index contributed by atoms with van der Waals surface area (Å²) in [7, 11) is 0. The van der Waals surface area contributed by atoms with Gasteiger partial charge in [-0.05, 0) is 50.1 Å². The number of likely N-dealkylation sites (N-methyl/N-ethyl adjacent to an activating group) is 1. The smallest absolute Gasteiger partial charge is 0.0195 e. The minimum atomic E-state index is 0.689. The minimum Gasteiger partial charge on any atom is -0.313 e. The van der Waals surface area contributed by atoms with E-state index in [0.717, 1.165) is 18.5 Å². The maximum atomic E-state index is 3.61. The van der Waals surface area contributed by atoms with E-state index in [9.17, 15) is 0 Å². The summed E-state index contributed by atoms with van der Waals surface area (Å²) in [5.74, 6) is 0.868. The van der Waals surface area contributed by atoms with Crippen LogP contribution in [-0.2, 0) is 0 Å². The van der Waals surface area contributed by atoms with Gasteiger partial charge in [-0.2, -0.15) is 0 Å². The van der Waals surface area contributed by atoms with Crippen LogP contribution in [0.2, 0.25) is 0 Å². The van der Waals surface area contributed by atoms with E-state index < -0.39 is 0 Å². The number of likely N-dealkylation sites (tertiary alicyclic amines) is 1. The zero-order chi connectivity index (χ0) is 11.6. The summed E-state index contributed by atoms with van der Waals surface area (Å²) in [6.45, 7) is 12.1. The lowest BCUT2D eigenvalue weighted by Crippen LogP contribution is -2.47. The van der Waals surface area contributed by atoms with E-state index >= 15 is 0 Å². The molecular weight excluding hydrogens is 196 g/mol. The Morgan fingerprint density at radius 3 is 2.69 bits per heavy atom. The molecule has 2 rings (SSSR count). The van der Waals surface area contributed by atoms with Crippen molar-refractivity contribution in [2.24, 2.45) is 11.3 Å². The lowest BCUT2D eigenvalue weighted by atomic mass is 9.91. The molecule has 2 aliphatic rings. The summed E-state index contributed by atoms with van der Waals surface area (Å²) in [5.41, 5.74) is 0.689. The summed E-state index contributed by atoms with van der Waals surface area (Å²) in [5, 5.41) is 3.61. The monoisotopic (exact) mass is 224 g/mol. The Bertz CT molecular complexity index is 219. The summed E-state index contributed by atoms with van der Waals surface area (Å²) < 4.78 is 0. The fourth-order valence-corrected chi connectivity index (χ4v) is 3.18. The van der Waals surface area contributed by atoms with Gasteiger partial charge in [-0.1, -0.05) is 20.8 Å². The van der Waals surface area contributed by atoms with Gasteiger partial charge in [0.25, 0.3) is 0 Å². The first-order valence-electron chi connectivity index (χ1n) is 7.12. The first-order valence-corrected chi connectivity index (χ1v) is 7.12. The van der Waals surface area contributed by atoms with Crippen molar-refractivity contribution in [3.63, 3.8) is 0 Å². The van der Waals surface area contributed by atoms with Crippen LogP contribution in [0.3, 0.4) is 0 Å². The van der Waals surface area contributed by atoms with Gasteiger partial charge >= 0.3 is 0 Å². The van der Waals surface area contributed by atoms with Crippen molar-refractivity contribution in [3.8, 4) is 0 Å². The lowest BCUT2D eigenvalue weighted by Gasteiger charge is -2.36. The molecule has 0 bridgehead atoms. The number of hydrogen-bond acceptors (Lipinski definition) is 2. The van der Waals surface area contributed by atoms with Gasteiger partial charge in [0.2, 0.25) is 0 Å². The molecule has 2 heteroatoms. The first-order chi connectivity index (χ1) is 7.66. The Balaban J connectivity index is 1.81. The fraction of sp³-hybridized carbons (Fsp3) is 1.00. The molecule has 0 radical (unpaired) electrons. The Labute approximate surface area is 101 Å². The molecule has 1 heterocycles. The molecule has 0 spiro atoms. The van der Waals surface area contributed by atoms with E-state index in [1.165, 1.54) is 45.3 Å². The highest BCUT2D eigenvalue weighted by molar-refractivity contribution is 4.98. The molecule has 1 aliphatic carbocycles. The molecule has 0 aromatic carbocycles. The highest BCUT2D eigenvalue weighted by atomic mass is 15.2. The summed E-state index contributed by atoms with van der Waals surface area (Å²) in [6, 6.07) is 0.752. The zero-order valence-corrected chi connectivity index (χ0v) is 11.3. The van der Waals surface area contributed by atoms with Crippen LogP contribution in [0.4, 0.5) is 0 Å². The van der Waals surface area contributed by atoms with Gasteiger partial charge in [-0.15, -0.1) is 0 Å². The predicted molar refractivity (Wildman–Crippen MR) is 69.6 cm³/mol. The van der Waals surface area contributed by atoms with Gasteiger partial charge in [-0.25, -0.2) is 0 Å². The summed E-state index contributed by atoms with van der Waals surface area (Å²) >= 11 is 0. The zero-order valence-electron chi connectivity index (χ0n) is 11.3. The van der Waals surface area contributed by atoms with Crippen LogP contribution in [0.1, 0.15) is 46.5 Å². The first kappa shape index (κ1) is 12.4. The Kier molecular flexibility index (Phi) is 3.91. The second-order valence-electron chi connectivity index (χ2n) is 6.15. The normalized spacial score (nSPS) is 29.6. The van der Waals surface area contributed by atoms with E-state index in [1.54, 1.807) is 0 Å². The standard InChI is InChI=1S/C14H28N2/c1-4-15-13-6-5-9-16(10-13)11-14(7-8-14)12(2)3/h12-13,15H,4-11H2,1-3H3. The maximum Gasteiger partial charge on any atom is 0.0195 e. The van der Waals surface area contributed by atoms with E-state index in [4.69, 9.17) is 0 Å². The summed E-state index contributed by atoms with van der Waals surface area (Å²) in [6.07, 6.45) is 5.69. The van der Waals surface area contributed by atoms with Crippen molar-refractivity contribution in [2.45, 2.75) is 52.5 Å². The molecule has 0 aromatic heterocycles. The second kappa shape index (κ2) is 5.05. The largest absolute Gasteiger partial charge is 0.313 e. The van der Waals surface area contributed by atoms with Crippen LogP contribution in [0.15, 0.2) is 0 Å². The van der Waals surface area contributed by atoms with Crippen molar-refractivity contribution in [1.82, 2.24) is 10.2 Å². The molecule has 1 unspecified atom stereocenters. The molecule has 1 atom stereocenters. The van der Waals surface area contributed by atoms with E-state index in [-0.39, 0.29) is 0 Å². The number of hydrogen-bond donors (Lipinski definition) is 1. The Morgan fingerprint density at radius 1 is 1.38 bits per heavy atom. The van der Waals surface area contributed by atoms with Gasteiger partial charge < -0.3 is 10.2 Å². The minimum absolute atomic E-state index is 0.689. The third-order valence-corrected chi connectivity index (χ3v) is 4.65. The van der Waals surface area contributed by atoms with Crippen LogP contribution in [-0.4, -0.2) is 37.1 Å². The molecular formula is C14H28N2. The lowest BCUT2D eigenvalue weighted by molar-refractivity contribution is 0.139. The van der Waals surface area contributed by atoms with Gasteiger partial charge in [0.05, 0.1) is 0 Å². The molecule has 0 amide bonds. The van der Waals surface area contributed by atoms with Crippen LogP contribution in [0, 0.1) is 11.3 Å². The van der Waals surface area contributed by atoms with Crippen molar-refractivity contribution in [3.05, 3.63) is 0 Å². The van der Waals surface area contributed by atoms with Crippen molar-refractivity contribution in [2.75, 3.05) is 26.2 Å². The molecule has 16 heavy (non-hydrogen) atoms. The quantitative estimate of drug-likeness (QED) is 0.772. The second-order valence-corrected chi connectivity index (χ2v) is 6.15. The number of rotatable bonds is 5. The molecule has 1 aliphatic heterocycles.